The van der Waals surface area contributed by atoms with Crippen molar-refractivity contribution < 1.29 is 4.79 Å². The Morgan fingerprint density at radius 1 is 1.25 bits per heavy atom. The fraction of sp³-hybridized carbons (Fsp3) is 0.526. The van der Waals surface area contributed by atoms with Crippen molar-refractivity contribution in [1.82, 2.24) is 10.2 Å². The Hall–Kier alpha value is -1.59. The first-order chi connectivity index (χ1) is 11.6. The number of anilines is 1. The number of nitrogens with one attached hydrogen (secondary N) is 2. The van der Waals surface area contributed by atoms with Crippen LogP contribution in [-0.2, 0) is 0 Å². The number of carbonyl (C=O) groups is 1. The first kappa shape index (κ1) is 15.9. The van der Waals surface area contributed by atoms with Crippen molar-refractivity contribution in [2.75, 3.05) is 25.0 Å². The molecule has 0 radical (unpaired) electrons. The van der Waals surface area contributed by atoms with Crippen LogP contribution < -0.4 is 10.6 Å². The van der Waals surface area contributed by atoms with E-state index in [4.69, 9.17) is 0 Å². The van der Waals surface area contributed by atoms with Crippen LogP contribution in [0, 0.1) is 5.92 Å². The molecule has 4 heterocycles. The highest BCUT2D eigenvalue weighted by molar-refractivity contribution is 7.20. The van der Waals surface area contributed by atoms with E-state index in [0.29, 0.717) is 18.0 Å². The summed E-state index contributed by atoms with van der Waals surface area (Å²) >= 11 is 1.59. The third-order valence-electron chi connectivity index (χ3n) is 5.17. The van der Waals surface area contributed by atoms with Crippen molar-refractivity contribution in [3.63, 3.8) is 0 Å². The molecule has 0 saturated carbocycles. The van der Waals surface area contributed by atoms with Crippen LogP contribution in [0.2, 0.25) is 0 Å². The second-order valence-electron chi connectivity index (χ2n) is 7.38. The Morgan fingerprint density at radius 2 is 2.04 bits per heavy atom. The molecule has 4 nitrogen and oxygen atoms in total. The first-order valence-electron chi connectivity index (χ1n) is 8.92. The number of nitrogens with zero attached hydrogens (tertiary/aromatic N) is 1. The van der Waals surface area contributed by atoms with Gasteiger partial charge in [-0.1, -0.05) is 6.07 Å². The maximum atomic E-state index is 12.7. The molecule has 1 unspecified atom stereocenters. The predicted molar refractivity (Wildman–Crippen MR) is 101 cm³/mol. The van der Waals surface area contributed by atoms with E-state index in [0.717, 1.165) is 22.5 Å². The SMILES string of the molecule is CC(C)Nc1ccc2cc(C(=O)NC3CN4CCC3CC4)sc2c1. The van der Waals surface area contributed by atoms with Crippen LogP contribution in [0.5, 0.6) is 0 Å². The lowest BCUT2D eigenvalue weighted by Crippen LogP contribution is -2.57. The smallest absolute Gasteiger partial charge is 0.261 e. The lowest BCUT2D eigenvalue weighted by atomic mass is 9.84. The molecule has 1 aromatic carbocycles. The van der Waals surface area contributed by atoms with Gasteiger partial charge in [-0.2, -0.15) is 0 Å². The van der Waals surface area contributed by atoms with Gasteiger partial charge in [-0.25, -0.2) is 0 Å². The quantitative estimate of drug-likeness (QED) is 0.892. The lowest BCUT2D eigenvalue weighted by molar-refractivity contribution is 0.0622. The minimum atomic E-state index is 0.0910. The molecule has 1 amide bonds. The van der Waals surface area contributed by atoms with E-state index in [-0.39, 0.29) is 5.91 Å². The van der Waals surface area contributed by atoms with Crippen LogP contribution in [0.1, 0.15) is 36.4 Å². The van der Waals surface area contributed by atoms with Gasteiger partial charge in [0, 0.05) is 29.0 Å². The predicted octanol–water partition coefficient (Wildman–Crippen LogP) is 3.55. The molecule has 128 valence electrons. The number of amides is 1. The molecule has 5 rings (SSSR count). The fourth-order valence-corrected chi connectivity index (χ4v) is 4.94. The fourth-order valence-electron chi connectivity index (χ4n) is 3.93. The van der Waals surface area contributed by atoms with E-state index in [9.17, 15) is 4.79 Å². The van der Waals surface area contributed by atoms with Gasteiger partial charge < -0.3 is 15.5 Å². The summed E-state index contributed by atoms with van der Waals surface area (Å²) in [5.74, 6) is 0.753. The summed E-state index contributed by atoms with van der Waals surface area (Å²) in [5.41, 5.74) is 1.11. The van der Waals surface area contributed by atoms with Crippen molar-refractivity contribution in [3.05, 3.63) is 29.1 Å². The maximum Gasteiger partial charge on any atom is 0.261 e. The molecule has 2 aromatic rings. The average Bonchev–Trinajstić information content (AvgIpc) is 2.99. The number of rotatable bonds is 4. The summed E-state index contributed by atoms with van der Waals surface area (Å²) in [4.78, 5) is 16.0. The van der Waals surface area contributed by atoms with Crippen molar-refractivity contribution in [2.24, 2.45) is 5.92 Å². The van der Waals surface area contributed by atoms with Crippen LogP contribution in [0.3, 0.4) is 0 Å². The molecule has 3 aliphatic heterocycles. The monoisotopic (exact) mass is 343 g/mol. The minimum absolute atomic E-state index is 0.0910. The Balaban J connectivity index is 1.50. The molecule has 3 fully saturated rings. The lowest BCUT2D eigenvalue weighted by Gasteiger charge is -2.44. The highest BCUT2D eigenvalue weighted by atomic mass is 32.1. The molecule has 5 heteroatoms. The molecule has 0 aliphatic carbocycles. The molecular formula is C19H25N3OS. The van der Waals surface area contributed by atoms with Crippen LogP contribution >= 0.6 is 11.3 Å². The van der Waals surface area contributed by atoms with Gasteiger partial charge in [-0.3, -0.25) is 4.79 Å². The van der Waals surface area contributed by atoms with E-state index in [1.165, 1.54) is 30.6 Å². The molecular weight excluding hydrogens is 318 g/mol. The Labute approximate surface area is 147 Å². The second-order valence-corrected chi connectivity index (χ2v) is 8.46. The molecule has 1 atom stereocenters. The van der Waals surface area contributed by atoms with Crippen LogP contribution in [0.25, 0.3) is 10.1 Å². The summed E-state index contributed by atoms with van der Waals surface area (Å²) < 4.78 is 1.17. The van der Waals surface area contributed by atoms with Gasteiger partial charge in [0.1, 0.15) is 0 Å². The zero-order chi connectivity index (χ0) is 16.7. The van der Waals surface area contributed by atoms with E-state index < -0.39 is 0 Å². The number of piperidine rings is 3. The number of hydrogen-bond acceptors (Lipinski definition) is 4. The molecule has 2 bridgehead atoms. The number of carbonyl (C=O) groups excluding carboxylic acids is 1. The van der Waals surface area contributed by atoms with E-state index in [1.807, 2.05) is 6.07 Å². The van der Waals surface area contributed by atoms with Gasteiger partial charge in [0.05, 0.1) is 4.88 Å². The average molecular weight is 343 g/mol. The molecule has 1 aromatic heterocycles. The molecule has 24 heavy (non-hydrogen) atoms. The maximum absolute atomic E-state index is 12.7. The standard InChI is InChI=1S/C19H25N3OS/c1-12(2)20-15-4-3-14-9-18(24-17(14)10-15)19(23)21-16-11-22-7-5-13(16)6-8-22/h3-4,9-10,12-13,16,20H,5-8,11H2,1-2H3,(H,21,23). The van der Waals surface area contributed by atoms with Crippen LogP contribution in [-0.4, -0.2) is 42.5 Å². The van der Waals surface area contributed by atoms with Gasteiger partial charge in [-0.15, -0.1) is 11.3 Å². The van der Waals surface area contributed by atoms with Gasteiger partial charge >= 0.3 is 0 Å². The highest BCUT2D eigenvalue weighted by Gasteiger charge is 2.35. The number of thiophene rings is 1. The number of hydrogen-bond donors (Lipinski definition) is 2. The third kappa shape index (κ3) is 3.15. The van der Waals surface area contributed by atoms with E-state index in [2.05, 4.69) is 47.6 Å². The second kappa shape index (κ2) is 6.37. The van der Waals surface area contributed by atoms with Crippen molar-refractivity contribution >= 4 is 33.0 Å². The normalized spacial score (nSPS) is 26.0. The van der Waals surface area contributed by atoms with Crippen LogP contribution in [0.15, 0.2) is 24.3 Å². The molecule has 3 saturated heterocycles. The summed E-state index contributed by atoms with van der Waals surface area (Å²) in [6.07, 6.45) is 2.45. The third-order valence-corrected chi connectivity index (χ3v) is 6.27. The van der Waals surface area contributed by atoms with E-state index >= 15 is 0 Å². The van der Waals surface area contributed by atoms with Gasteiger partial charge in [0.15, 0.2) is 0 Å². The Kier molecular flexibility index (Phi) is 4.22. The largest absolute Gasteiger partial charge is 0.383 e. The zero-order valence-electron chi connectivity index (χ0n) is 14.3. The number of benzene rings is 1. The van der Waals surface area contributed by atoms with Crippen molar-refractivity contribution in [2.45, 2.75) is 38.8 Å². The number of fused-ring (bicyclic) bond motifs is 4. The summed E-state index contributed by atoms with van der Waals surface area (Å²) in [6, 6.07) is 9.08. The topological polar surface area (TPSA) is 44.4 Å². The van der Waals surface area contributed by atoms with E-state index in [1.54, 1.807) is 11.3 Å². The summed E-state index contributed by atoms with van der Waals surface area (Å²) in [6.45, 7) is 7.68. The van der Waals surface area contributed by atoms with Crippen LogP contribution in [0.4, 0.5) is 5.69 Å². The first-order valence-corrected chi connectivity index (χ1v) is 9.73. The minimum Gasteiger partial charge on any atom is -0.383 e. The summed E-state index contributed by atoms with van der Waals surface area (Å²) in [5, 5.41) is 7.86. The highest BCUT2D eigenvalue weighted by Crippen LogP contribution is 2.30. The molecule has 3 aliphatic rings. The zero-order valence-corrected chi connectivity index (χ0v) is 15.2. The molecule has 2 N–H and O–H groups in total. The Morgan fingerprint density at radius 3 is 2.71 bits per heavy atom. The van der Waals surface area contributed by atoms with Crippen molar-refractivity contribution in [1.29, 1.82) is 0 Å². The van der Waals surface area contributed by atoms with Crippen molar-refractivity contribution in [3.8, 4) is 0 Å². The van der Waals surface area contributed by atoms with Gasteiger partial charge in [0.25, 0.3) is 5.91 Å². The summed E-state index contributed by atoms with van der Waals surface area (Å²) in [7, 11) is 0. The Bertz CT molecular complexity index is 746. The molecule has 0 spiro atoms. The van der Waals surface area contributed by atoms with Gasteiger partial charge in [0.2, 0.25) is 0 Å². The van der Waals surface area contributed by atoms with Gasteiger partial charge in [-0.05, 0) is 69.3 Å².